The van der Waals surface area contributed by atoms with Gasteiger partial charge in [0.1, 0.15) is 13.2 Å². The summed E-state index contributed by atoms with van der Waals surface area (Å²) in [5.41, 5.74) is 1.73. The minimum absolute atomic E-state index is 0.0985. The van der Waals surface area contributed by atoms with Gasteiger partial charge in [-0.3, -0.25) is 19.3 Å². The Bertz CT molecular complexity index is 821. The van der Waals surface area contributed by atoms with Crippen LogP contribution in [0.2, 0.25) is 0 Å². The zero-order chi connectivity index (χ0) is 18.8. The molecule has 1 aliphatic heterocycles. The number of hydrogen-bond donors (Lipinski definition) is 0. The zero-order valence-corrected chi connectivity index (χ0v) is 14.9. The molecule has 7 nitrogen and oxygen atoms in total. The number of nitrogens with zero attached hydrogens (tertiary/aromatic N) is 3. The molecule has 0 N–H and O–H groups in total. The fourth-order valence-corrected chi connectivity index (χ4v) is 3.89. The Morgan fingerprint density at radius 3 is 2.33 bits per heavy atom. The molecule has 1 saturated heterocycles. The van der Waals surface area contributed by atoms with Gasteiger partial charge in [0.05, 0.1) is 17.5 Å². The van der Waals surface area contributed by atoms with Crippen molar-refractivity contribution in [2.24, 2.45) is 11.8 Å². The lowest BCUT2D eigenvalue weighted by Gasteiger charge is -2.19. The van der Waals surface area contributed by atoms with Crippen LogP contribution in [0.4, 0.5) is 0 Å². The number of fused-ring (bicyclic) bond motifs is 1. The maximum absolute atomic E-state index is 12.4. The SMILES string of the molecule is O=C(CN1C(=O)C2CCCCC2C1=O)OCc1ccc(-n2cccn2)cc1. The van der Waals surface area contributed by atoms with Gasteiger partial charge in [0, 0.05) is 12.4 Å². The van der Waals surface area contributed by atoms with Crippen LogP contribution in [-0.4, -0.2) is 39.0 Å². The summed E-state index contributed by atoms with van der Waals surface area (Å²) < 4.78 is 7.00. The lowest BCUT2D eigenvalue weighted by Crippen LogP contribution is -2.36. The van der Waals surface area contributed by atoms with Crippen molar-refractivity contribution in [1.82, 2.24) is 14.7 Å². The highest BCUT2D eigenvalue weighted by Crippen LogP contribution is 2.37. The second kappa shape index (κ2) is 7.34. The molecule has 2 heterocycles. The average molecular weight is 367 g/mol. The van der Waals surface area contributed by atoms with E-state index in [1.54, 1.807) is 10.9 Å². The fourth-order valence-electron chi connectivity index (χ4n) is 3.89. The Balaban J connectivity index is 1.32. The van der Waals surface area contributed by atoms with Crippen molar-refractivity contribution >= 4 is 17.8 Å². The Labute approximate surface area is 156 Å². The van der Waals surface area contributed by atoms with Gasteiger partial charge in [-0.05, 0) is 36.6 Å². The number of ether oxygens (including phenoxy) is 1. The third-order valence-corrected chi connectivity index (χ3v) is 5.32. The molecule has 2 unspecified atom stereocenters. The van der Waals surface area contributed by atoms with Crippen molar-refractivity contribution < 1.29 is 19.1 Å². The van der Waals surface area contributed by atoms with Crippen LogP contribution in [0.1, 0.15) is 31.2 Å². The largest absolute Gasteiger partial charge is 0.459 e. The molecular weight excluding hydrogens is 346 g/mol. The van der Waals surface area contributed by atoms with Crippen molar-refractivity contribution in [3.8, 4) is 5.69 Å². The van der Waals surface area contributed by atoms with Gasteiger partial charge in [-0.1, -0.05) is 25.0 Å². The zero-order valence-electron chi connectivity index (χ0n) is 14.9. The Hall–Kier alpha value is -2.96. The van der Waals surface area contributed by atoms with Gasteiger partial charge in [-0.25, -0.2) is 4.68 Å². The second-order valence-corrected chi connectivity index (χ2v) is 7.04. The normalized spacial score (nSPS) is 22.0. The molecule has 1 saturated carbocycles. The lowest BCUT2D eigenvalue weighted by atomic mass is 9.81. The molecule has 0 radical (unpaired) electrons. The van der Waals surface area contributed by atoms with E-state index in [2.05, 4.69) is 5.10 Å². The molecule has 0 bridgehead atoms. The van der Waals surface area contributed by atoms with Crippen molar-refractivity contribution in [3.05, 3.63) is 48.3 Å². The van der Waals surface area contributed by atoms with Crippen LogP contribution < -0.4 is 0 Å². The highest BCUT2D eigenvalue weighted by molar-refractivity contribution is 6.07. The first-order chi connectivity index (χ1) is 13.1. The third-order valence-electron chi connectivity index (χ3n) is 5.32. The molecule has 1 aromatic carbocycles. The van der Waals surface area contributed by atoms with Crippen molar-refractivity contribution in [3.63, 3.8) is 0 Å². The highest BCUT2D eigenvalue weighted by atomic mass is 16.5. The Morgan fingerprint density at radius 1 is 1.07 bits per heavy atom. The first-order valence-electron chi connectivity index (χ1n) is 9.23. The van der Waals surface area contributed by atoms with Crippen LogP contribution in [0.25, 0.3) is 5.69 Å². The van der Waals surface area contributed by atoms with E-state index in [9.17, 15) is 14.4 Å². The maximum Gasteiger partial charge on any atom is 0.326 e. The number of rotatable bonds is 5. The van der Waals surface area contributed by atoms with Crippen LogP contribution in [0.5, 0.6) is 0 Å². The number of hydrogen-bond acceptors (Lipinski definition) is 5. The summed E-state index contributed by atoms with van der Waals surface area (Å²) >= 11 is 0. The lowest BCUT2D eigenvalue weighted by molar-refractivity contribution is -0.153. The Morgan fingerprint density at radius 2 is 1.74 bits per heavy atom. The maximum atomic E-state index is 12.4. The summed E-state index contributed by atoms with van der Waals surface area (Å²) in [6.07, 6.45) is 6.95. The van der Waals surface area contributed by atoms with Crippen LogP contribution in [0.3, 0.4) is 0 Å². The molecule has 2 aliphatic rings. The molecule has 1 aromatic heterocycles. The van der Waals surface area contributed by atoms with Crippen molar-refractivity contribution in [2.75, 3.05) is 6.54 Å². The topological polar surface area (TPSA) is 81.5 Å². The van der Waals surface area contributed by atoms with Gasteiger partial charge >= 0.3 is 5.97 Å². The molecule has 1 aliphatic carbocycles. The molecular formula is C20H21N3O4. The Kier molecular flexibility index (Phi) is 4.75. The number of aromatic nitrogens is 2. The van der Waals surface area contributed by atoms with Crippen molar-refractivity contribution in [1.29, 1.82) is 0 Å². The summed E-state index contributed by atoms with van der Waals surface area (Å²) in [4.78, 5) is 38.0. The number of esters is 1. The fraction of sp³-hybridized carbons (Fsp3) is 0.400. The van der Waals surface area contributed by atoms with E-state index in [-0.39, 0.29) is 36.8 Å². The smallest absolute Gasteiger partial charge is 0.326 e. The van der Waals surface area contributed by atoms with Gasteiger partial charge in [-0.2, -0.15) is 5.10 Å². The van der Waals surface area contributed by atoms with Crippen molar-refractivity contribution in [2.45, 2.75) is 32.3 Å². The summed E-state index contributed by atoms with van der Waals surface area (Å²) in [5.74, 6) is -1.48. The van der Waals surface area contributed by atoms with Crippen LogP contribution in [-0.2, 0) is 25.7 Å². The van der Waals surface area contributed by atoms with Gasteiger partial charge in [0.25, 0.3) is 0 Å². The second-order valence-electron chi connectivity index (χ2n) is 7.04. The van der Waals surface area contributed by atoms with Crippen LogP contribution >= 0.6 is 0 Å². The minimum atomic E-state index is -0.563. The molecule has 27 heavy (non-hydrogen) atoms. The van der Waals surface area contributed by atoms with Gasteiger partial charge in [0.15, 0.2) is 0 Å². The van der Waals surface area contributed by atoms with E-state index < -0.39 is 5.97 Å². The minimum Gasteiger partial charge on any atom is -0.459 e. The van der Waals surface area contributed by atoms with E-state index in [0.29, 0.717) is 0 Å². The standard InChI is InChI=1S/C20H21N3O4/c24-18(12-22-19(25)16-4-1-2-5-17(16)20(22)26)27-13-14-6-8-15(9-7-14)23-11-3-10-21-23/h3,6-11,16-17H,1-2,4-5,12-13H2. The average Bonchev–Trinajstić information content (AvgIpc) is 3.31. The quantitative estimate of drug-likeness (QED) is 0.597. The molecule has 7 heteroatoms. The molecule has 140 valence electrons. The predicted octanol–water partition coefficient (Wildman–Crippen LogP) is 2.09. The molecule has 2 atom stereocenters. The molecule has 2 fully saturated rings. The number of imide groups is 1. The molecule has 2 amide bonds. The molecule has 4 rings (SSSR count). The van der Waals surface area contributed by atoms with E-state index >= 15 is 0 Å². The van der Waals surface area contributed by atoms with E-state index in [0.717, 1.165) is 41.8 Å². The van der Waals surface area contributed by atoms with E-state index in [4.69, 9.17) is 4.74 Å². The van der Waals surface area contributed by atoms with Crippen LogP contribution in [0.15, 0.2) is 42.7 Å². The highest BCUT2D eigenvalue weighted by Gasteiger charge is 2.48. The van der Waals surface area contributed by atoms with Gasteiger partial charge in [0.2, 0.25) is 11.8 Å². The molecule has 0 spiro atoms. The molecule has 2 aromatic rings. The van der Waals surface area contributed by atoms with E-state index in [1.807, 2.05) is 36.5 Å². The van der Waals surface area contributed by atoms with Gasteiger partial charge < -0.3 is 4.74 Å². The number of carbonyl (C=O) groups is 3. The summed E-state index contributed by atoms with van der Waals surface area (Å²) in [5, 5.41) is 4.15. The number of benzene rings is 1. The summed E-state index contributed by atoms with van der Waals surface area (Å²) in [6, 6.07) is 9.31. The predicted molar refractivity (Wildman–Crippen MR) is 95.5 cm³/mol. The monoisotopic (exact) mass is 367 g/mol. The summed E-state index contributed by atoms with van der Waals surface area (Å²) in [6.45, 7) is -0.197. The number of likely N-dealkylation sites (tertiary alicyclic amines) is 1. The number of amides is 2. The van der Waals surface area contributed by atoms with Crippen LogP contribution in [0, 0.1) is 11.8 Å². The van der Waals surface area contributed by atoms with E-state index in [1.165, 1.54) is 0 Å². The van der Waals surface area contributed by atoms with Gasteiger partial charge in [-0.15, -0.1) is 0 Å². The summed E-state index contributed by atoms with van der Waals surface area (Å²) in [7, 11) is 0. The first-order valence-corrected chi connectivity index (χ1v) is 9.23. The first kappa shape index (κ1) is 17.5. The third kappa shape index (κ3) is 3.49. The number of carbonyl (C=O) groups excluding carboxylic acids is 3.